The number of hydrogen-bond donors (Lipinski definition) is 2. The van der Waals surface area contributed by atoms with Crippen molar-refractivity contribution in [3.63, 3.8) is 0 Å². The summed E-state index contributed by atoms with van der Waals surface area (Å²) in [5.74, 6) is 0.232. The molecule has 2 rings (SSSR count). The Bertz CT molecular complexity index is 687. The maximum Gasteiger partial charge on any atom is 0.255 e. The highest BCUT2D eigenvalue weighted by molar-refractivity contribution is 7.80. The molecule has 2 aromatic rings. The Morgan fingerprint density at radius 3 is 2.38 bits per heavy atom. The summed E-state index contributed by atoms with van der Waals surface area (Å²) in [6.45, 7) is 0. The van der Waals surface area contributed by atoms with E-state index in [4.69, 9.17) is 34.3 Å². The van der Waals surface area contributed by atoms with E-state index in [1.54, 1.807) is 42.5 Å². The van der Waals surface area contributed by atoms with Gasteiger partial charge in [0.25, 0.3) is 5.91 Å². The van der Waals surface area contributed by atoms with Crippen LogP contribution in [0.5, 0.6) is 5.75 Å². The van der Waals surface area contributed by atoms with Crippen molar-refractivity contribution >= 4 is 40.4 Å². The zero-order chi connectivity index (χ0) is 15.4. The monoisotopic (exact) mass is 320 g/mol. The van der Waals surface area contributed by atoms with Crippen molar-refractivity contribution in [2.45, 2.75) is 0 Å². The zero-order valence-electron chi connectivity index (χ0n) is 11.2. The van der Waals surface area contributed by atoms with Crippen LogP contribution in [0.15, 0.2) is 42.5 Å². The third-order valence-corrected chi connectivity index (χ3v) is 3.33. The van der Waals surface area contributed by atoms with Crippen molar-refractivity contribution in [2.75, 3.05) is 12.4 Å². The summed E-state index contributed by atoms with van der Waals surface area (Å²) in [5, 5.41) is 3.35. The molecule has 0 saturated carbocycles. The van der Waals surface area contributed by atoms with Gasteiger partial charge in [-0.2, -0.15) is 0 Å². The Hall–Kier alpha value is -2.11. The molecule has 0 aliphatic rings. The molecule has 0 saturated heterocycles. The maximum atomic E-state index is 12.2. The Morgan fingerprint density at radius 1 is 1.19 bits per heavy atom. The minimum absolute atomic E-state index is 0.256. The molecule has 0 spiro atoms. The minimum atomic E-state index is -0.256. The number of rotatable bonds is 4. The first-order chi connectivity index (χ1) is 10.0. The van der Waals surface area contributed by atoms with Crippen LogP contribution in [-0.4, -0.2) is 18.0 Å². The molecule has 3 N–H and O–H groups in total. The van der Waals surface area contributed by atoms with E-state index in [9.17, 15) is 4.79 Å². The molecule has 0 aliphatic carbocycles. The normalized spacial score (nSPS) is 10.0. The number of amides is 1. The molecule has 0 fully saturated rings. The first kappa shape index (κ1) is 15.3. The number of anilines is 1. The van der Waals surface area contributed by atoms with Gasteiger partial charge in [0.05, 0.1) is 12.8 Å². The molecule has 0 bridgehead atoms. The predicted octanol–water partition coefficient (Wildman–Crippen LogP) is 3.24. The second-order valence-electron chi connectivity index (χ2n) is 4.24. The average Bonchev–Trinajstić information content (AvgIpc) is 2.48. The second-order valence-corrected chi connectivity index (χ2v) is 5.12. The van der Waals surface area contributed by atoms with Crippen LogP contribution >= 0.6 is 23.8 Å². The fourth-order valence-electron chi connectivity index (χ4n) is 1.74. The summed E-state index contributed by atoms with van der Waals surface area (Å²) >= 11 is 10.7. The van der Waals surface area contributed by atoms with Crippen molar-refractivity contribution in [2.24, 2.45) is 5.73 Å². The molecule has 0 aliphatic heterocycles. The van der Waals surface area contributed by atoms with Crippen LogP contribution in [0.3, 0.4) is 0 Å². The maximum absolute atomic E-state index is 12.2. The smallest absolute Gasteiger partial charge is 0.255 e. The Morgan fingerprint density at radius 2 is 1.81 bits per heavy atom. The van der Waals surface area contributed by atoms with Gasteiger partial charge in [0, 0.05) is 16.1 Å². The first-order valence-electron chi connectivity index (χ1n) is 6.06. The number of nitrogens with two attached hydrogens (primary N) is 1. The Kier molecular flexibility index (Phi) is 4.77. The third kappa shape index (κ3) is 3.71. The van der Waals surface area contributed by atoms with E-state index >= 15 is 0 Å². The average molecular weight is 321 g/mol. The SMILES string of the molecule is COc1cc(C(N)=S)ccc1NC(=O)c1ccc(Cl)cc1. The van der Waals surface area contributed by atoms with Crippen LogP contribution in [0.4, 0.5) is 5.69 Å². The number of hydrogen-bond acceptors (Lipinski definition) is 3. The molecule has 21 heavy (non-hydrogen) atoms. The predicted molar refractivity (Wildman–Crippen MR) is 88.3 cm³/mol. The van der Waals surface area contributed by atoms with Crippen LogP contribution < -0.4 is 15.8 Å². The third-order valence-electron chi connectivity index (χ3n) is 2.84. The van der Waals surface area contributed by atoms with Crippen molar-refractivity contribution in [3.8, 4) is 5.75 Å². The highest BCUT2D eigenvalue weighted by Gasteiger charge is 2.11. The molecule has 1 amide bonds. The molecule has 0 radical (unpaired) electrons. The van der Waals surface area contributed by atoms with Crippen molar-refractivity contribution in [1.82, 2.24) is 0 Å². The Balaban J connectivity index is 2.24. The van der Waals surface area contributed by atoms with Crippen molar-refractivity contribution in [1.29, 1.82) is 0 Å². The summed E-state index contributed by atoms with van der Waals surface area (Å²) in [4.78, 5) is 12.4. The number of carbonyl (C=O) groups is 1. The zero-order valence-corrected chi connectivity index (χ0v) is 12.8. The van der Waals surface area contributed by atoms with Crippen LogP contribution in [0.1, 0.15) is 15.9 Å². The van der Waals surface area contributed by atoms with Gasteiger partial charge in [-0.1, -0.05) is 23.8 Å². The van der Waals surface area contributed by atoms with E-state index < -0.39 is 0 Å². The summed E-state index contributed by atoms with van der Waals surface area (Å²) in [6.07, 6.45) is 0. The van der Waals surface area contributed by atoms with Crippen LogP contribution in [-0.2, 0) is 0 Å². The number of ether oxygens (including phenoxy) is 1. The molecule has 2 aromatic carbocycles. The number of halogens is 1. The van der Waals surface area contributed by atoms with Gasteiger partial charge in [-0.25, -0.2) is 0 Å². The largest absolute Gasteiger partial charge is 0.495 e. The molecule has 0 atom stereocenters. The van der Waals surface area contributed by atoms with Gasteiger partial charge in [0.1, 0.15) is 10.7 Å². The molecule has 0 heterocycles. The van der Waals surface area contributed by atoms with Crippen LogP contribution in [0, 0.1) is 0 Å². The van der Waals surface area contributed by atoms with E-state index in [1.165, 1.54) is 7.11 Å². The quantitative estimate of drug-likeness (QED) is 0.849. The lowest BCUT2D eigenvalue weighted by atomic mass is 10.1. The summed E-state index contributed by atoms with van der Waals surface area (Å²) in [5.41, 5.74) is 7.28. The molecule has 108 valence electrons. The lowest BCUT2D eigenvalue weighted by molar-refractivity contribution is 0.102. The highest BCUT2D eigenvalue weighted by atomic mass is 35.5. The van der Waals surface area contributed by atoms with Crippen LogP contribution in [0.2, 0.25) is 5.02 Å². The first-order valence-corrected chi connectivity index (χ1v) is 6.84. The summed E-state index contributed by atoms with van der Waals surface area (Å²) < 4.78 is 5.24. The van der Waals surface area contributed by atoms with E-state index in [1.807, 2.05) is 0 Å². The van der Waals surface area contributed by atoms with E-state index in [-0.39, 0.29) is 10.9 Å². The van der Waals surface area contributed by atoms with Gasteiger partial charge >= 0.3 is 0 Å². The molecule has 0 aromatic heterocycles. The van der Waals surface area contributed by atoms with Gasteiger partial charge < -0.3 is 15.8 Å². The summed E-state index contributed by atoms with van der Waals surface area (Å²) in [7, 11) is 1.51. The van der Waals surface area contributed by atoms with E-state index in [2.05, 4.69) is 5.32 Å². The second kappa shape index (κ2) is 6.56. The fourth-order valence-corrected chi connectivity index (χ4v) is 2.00. The lowest BCUT2D eigenvalue weighted by Crippen LogP contribution is -2.14. The molecule has 4 nitrogen and oxygen atoms in total. The number of methoxy groups -OCH3 is 1. The van der Waals surface area contributed by atoms with Gasteiger partial charge in [-0.3, -0.25) is 4.79 Å². The Labute approximate surface area is 132 Å². The van der Waals surface area contributed by atoms with Gasteiger partial charge in [-0.15, -0.1) is 0 Å². The van der Waals surface area contributed by atoms with Crippen molar-refractivity contribution < 1.29 is 9.53 Å². The van der Waals surface area contributed by atoms with Gasteiger partial charge in [0.2, 0.25) is 0 Å². The number of carbonyl (C=O) groups excluding carboxylic acids is 1. The molecular weight excluding hydrogens is 308 g/mol. The van der Waals surface area contributed by atoms with Crippen LogP contribution in [0.25, 0.3) is 0 Å². The number of thiocarbonyl (C=S) groups is 1. The van der Waals surface area contributed by atoms with Gasteiger partial charge in [0.15, 0.2) is 0 Å². The molecule has 6 heteroatoms. The summed E-state index contributed by atoms with van der Waals surface area (Å²) in [6, 6.07) is 11.7. The van der Waals surface area contributed by atoms with E-state index in [0.29, 0.717) is 27.6 Å². The standard InChI is InChI=1S/C15H13ClN2O2S/c1-20-13-8-10(14(17)21)4-7-12(13)18-15(19)9-2-5-11(16)6-3-9/h2-8H,1H3,(H2,17,21)(H,18,19). The number of nitrogens with one attached hydrogen (secondary N) is 1. The molecule has 0 unspecified atom stereocenters. The molecular formula is C15H13ClN2O2S. The van der Waals surface area contributed by atoms with Crippen molar-refractivity contribution in [3.05, 3.63) is 58.6 Å². The minimum Gasteiger partial charge on any atom is -0.495 e. The lowest BCUT2D eigenvalue weighted by Gasteiger charge is -2.11. The van der Waals surface area contributed by atoms with E-state index in [0.717, 1.165) is 0 Å². The number of benzene rings is 2. The van der Waals surface area contributed by atoms with Gasteiger partial charge in [-0.05, 0) is 42.5 Å². The fraction of sp³-hybridized carbons (Fsp3) is 0.0667. The highest BCUT2D eigenvalue weighted by Crippen LogP contribution is 2.26. The topological polar surface area (TPSA) is 64.3 Å².